The molecule has 0 saturated carbocycles. The van der Waals surface area contributed by atoms with Crippen LogP contribution in [0.25, 0.3) is 0 Å². The van der Waals surface area contributed by atoms with Gasteiger partial charge in [0, 0.05) is 6.54 Å². The molecule has 0 aromatic heterocycles. The summed E-state index contributed by atoms with van der Waals surface area (Å²) in [6.45, 7) is 0.111. The highest BCUT2D eigenvalue weighted by Crippen LogP contribution is 1.90. The molecule has 8 heteroatoms. The van der Waals surface area contributed by atoms with Gasteiger partial charge in [0.25, 0.3) is 0 Å². The Labute approximate surface area is 80.1 Å². The SMILES string of the molecule is CNCCS(=O)(=O)CCOS(=O)O. The van der Waals surface area contributed by atoms with Gasteiger partial charge in [-0.2, -0.15) is 4.21 Å². The summed E-state index contributed by atoms with van der Waals surface area (Å²) in [5, 5.41) is 2.69. The molecule has 80 valence electrons. The molecule has 0 aliphatic carbocycles. The standard InChI is InChI=1S/C5H13NO5S2/c1-6-2-4-13(9,10)5-3-11-12(7)8/h6H,2-5H2,1H3,(H,7,8). The first kappa shape index (κ1) is 13.0. The van der Waals surface area contributed by atoms with Crippen LogP contribution in [0.3, 0.4) is 0 Å². The van der Waals surface area contributed by atoms with Crippen LogP contribution in [0.2, 0.25) is 0 Å². The van der Waals surface area contributed by atoms with Crippen LogP contribution < -0.4 is 5.32 Å². The number of rotatable bonds is 7. The Balaban J connectivity index is 3.70. The van der Waals surface area contributed by atoms with Gasteiger partial charge in [0.15, 0.2) is 9.84 Å². The van der Waals surface area contributed by atoms with E-state index in [1.807, 2.05) is 0 Å². The van der Waals surface area contributed by atoms with E-state index >= 15 is 0 Å². The van der Waals surface area contributed by atoms with E-state index < -0.39 is 21.2 Å². The van der Waals surface area contributed by atoms with Crippen LogP contribution in [-0.2, 0) is 25.4 Å². The van der Waals surface area contributed by atoms with Gasteiger partial charge in [-0.25, -0.2) is 8.42 Å². The summed E-state index contributed by atoms with van der Waals surface area (Å²) in [4.78, 5) is 0. The number of nitrogens with one attached hydrogen (secondary N) is 1. The molecule has 1 unspecified atom stereocenters. The lowest BCUT2D eigenvalue weighted by atomic mass is 10.8. The quantitative estimate of drug-likeness (QED) is 0.533. The van der Waals surface area contributed by atoms with Crippen molar-refractivity contribution in [3.63, 3.8) is 0 Å². The van der Waals surface area contributed by atoms with Gasteiger partial charge in [-0.15, -0.1) is 0 Å². The lowest BCUT2D eigenvalue weighted by Gasteiger charge is -2.02. The Bertz CT molecular complexity index is 250. The molecule has 6 nitrogen and oxygen atoms in total. The van der Waals surface area contributed by atoms with Crippen molar-refractivity contribution in [2.24, 2.45) is 0 Å². The minimum atomic E-state index is -3.17. The second-order valence-electron chi connectivity index (χ2n) is 2.29. The van der Waals surface area contributed by atoms with Crippen molar-refractivity contribution in [3.05, 3.63) is 0 Å². The molecule has 0 aliphatic rings. The Morgan fingerprint density at radius 1 is 1.46 bits per heavy atom. The molecule has 0 aromatic rings. The summed E-state index contributed by atoms with van der Waals surface area (Å²) in [5.74, 6) is -0.230. The molecule has 0 rings (SSSR count). The number of hydrogen-bond donors (Lipinski definition) is 2. The van der Waals surface area contributed by atoms with Gasteiger partial charge in [-0.1, -0.05) is 0 Å². The molecule has 2 N–H and O–H groups in total. The van der Waals surface area contributed by atoms with E-state index in [9.17, 15) is 12.6 Å². The van der Waals surface area contributed by atoms with Gasteiger partial charge in [0.1, 0.15) is 0 Å². The van der Waals surface area contributed by atoms with E-state index in [1.165, 1.54) is 0 Å². The molecule has 1 atom stereocenters. The molecule has 0 heterocycles. The van der Waals surface area contributed by atoms with Gasteiger partial charge in [-0.05, 0) is 7.05 Å². The Hall–Kier alpha value is -0.0200. The third kappa shape index (κ3) is 8.31. The summed E-state index contributed by atoms with van der Waals surface area (Å²) in [6.07, 6.45) is 0. The van der Waals surface area contributed by atoms with E-state index in [0.717, 1.165) is 0 Å². The molecular weight excluding hydrogens is 218 g/mol. The Morgan fingerprint density at radius 3 is 2.54 bits per heavy atom. The molecule has 0 saturated heterocycles. The number of hydrogen-bond acceptors (Lipinski definition) is 5. The average molecular weight is 231 g/mol. The molecular formula is C5H13NO5S2. The first-order chi connectivity index (χ1) is 5.98. The topological polar surface area (TPSA) is 92.7 Å². The summed E-state index contributed by atoms with van der Waals surface area (Å²) in [5.41, 5.74) is 0. The van der Waals surface area contributed by atoms with Crippen LogP contribution >= 0.6 is 0 Å². The van der Waals surface area contributed by atoms with Gasteiger partial charge in [-0.3, -0.25) is 8.74 Å². The normalized spacial score (nSPS) is 14.3. The lowest BCUT2D eigenvalue weighted by molar-refractivity contribution is 0.326. The Morgan fingerprint density at radius 2 is 2.08 bits per heavy atom. The number of sulfone groups is 1. The minimum Gasteiger partial charge on any atom is -0.319 e. The largest absolute Gasteiger partial charge is 0.319 e. The monoisotopic (exact) mass is 231 g/mol. The van der Waals surface area contributed by atoms with E-state index in [2.05, 4.69) is 9.50 Å². The predicted octanol–water partition coefficient (Wildman–Crippen LogP) is -1.23. The second kappa shape index (κ2) is 6.44. The maximum Gasteiger partial charge on any atom is 0.301 e. The molecule has 0 spiro atoms. The van der Waals surface area contributed by atoms with Gasteiger partial charge in [0.2, 0.25) is 0 Å². The van der Waals surface area contributed by atoms with Crippen molar-refractivity contribution in [1.29, 1.82) is 0 Å². The zero-order valence-corrected chi connectivity index (χ0v) is 8.86. The van der Waals surface area contributed by atoms with E-state index in [4.69, 9.17) is 4.55 Å². The predicted molar refractivity (Wildman–Crippen MR) is 49.3 cm³/mol. The third-order valence-electron chi connectivity index (χ3n) is 1.24. The summed E-state index contributed by atoms with van der Waals surface area (Å²) < 4.78 is 44.5. The van der Waals surface area contributed by atoms with E-state index in [1.54, 1.807) is 7.05 Å². The van der Waals surface area contributed by atoms with Crippen LogP contribution in [0.15, 0.2) is 0 Å². The minimum absolute atomic E-state index is 0.00488. The van der Waals surface area contributed by atoms with Crippen LogP contribution in [0.5, 0.6) is 0 Å². The smallest absolute Gasteiger partial charge is 0.301 e. The van der Waals surface area contributed by atoms with Crippen molar-refractivity contribution in [2.45, 2.75) is 0 Å². The van der Waals surface area contributed by atoms with Gasteiger partial charge < -0.3 is 5.32 Å². The fourth-order valence-corrected chi connectivity index (χ4v) is 1.98. The van der Waals surface area contributed by atoms with Crippen molar-refractivity contribution >= 4 is 21.2 Å². The van der Waals surface area contributed by atoms with Crippen LogP contribution in [0.1, 0.15) is 0 Å². The van der Waals surface area contributed by atoms with Gasteiger partial charge >= 0.3 is 11.4 Å². The molecule has 13 heavy (non-hydrogen) atoms. The lowest BCUT2D eigenvalue weighted by Crippen LogP contribution is -2.23. The third-order valence-corrected chi connectivity index (χ3v) is 3.22. The maximum absolute atomic E-state index is 11.1. The van der Waals surface area contributed by atoms with E-state index in [-0.39, 0.29) is 18.1 Å². The molecule has 0 radical (unpaired) electrons. The maximum atomic E-state index is 11.1. The highest BCUT2D eigenvalue weighted by molar-refractivity contribution is 7.91. The molecule has 0 aromatic carbocycles. The van der Waals surface area contributed by atoms with Crippen LogP contribution in [0, 0.1) is 0 Å². The second-order valence-corrected chi connectivity index (χ2v) is 5.27. The van der Waals surface area contributed by atoms with Crippen LogP contribution in [0.4, 0.5) is 0 Å². The van der Waals surface area contributed by atoms with Crippen molar-refractivity contribution in [1.82, 2.24) is 5.32 Å². The Kier molecular flexibility index (Phi) is 6.43. The average Bonchev–Trinajstić information content (AvgIpc) is 2.00. The molecule has 0 bridgehead atoms. The zero-order valence-electron chi connectivity index (χ0n) is 7.23. The fraction of sp³-hybridized carbons (Fsp3) is 1.00. The van der Waals surface area contributed by atoms with Crippen molar-refractivity contribution < 1.29 is 21.4 Å². The first-order valence-corrected chi connectivity index (χ1v) is 6.42. The zero-order chi connectivity index (χ0) is 10.3. The highest BCUT2D eigenvalue weighted by atomic mass is 32.2. The van der Waals surface area contributed by atoms with Crippen molar-refractivity contribution in [2.75, 3.05) is 31.7 Å². The van der Waals surface area contributed by atoms with Crippen LogP contribution in [-0.4, -0.2) is 48.9 Å². The summed E-state index contributed by atoms with van der Waals surface area (Å²) in [6, 6.07) is 0. The summed E-state index contributed by atoms with van der Waals surface area (Å²) >= 11 is -2.39. The molecule has 0 fully saturated rings. The van der Waals surface area contributed by atoms with Gasteiger partial charge in [0.05, 0.1) is 18.1 Å². The van der Waals surface area contributed by atoms with Crippen molar-refractivity contribution in [3.8, 4) is 0 Å². The fourth-order valence-electron chi connectivity index (χ4n) is 0.592. The molecule has 0 amide bonds. The summed E-state index contributed by atoms with van der Waals surface area (Å²) in [7, 11) is -1.52. The first-order valence-electron chi connectivity index (χ1n) is 3.57. The van der Waals surface area contributed by atoms with E-state index in [0.29, 0.717) is 6.54 Å². The highest BCUT2D eigenvalue weighted by Gasteiger charge is 2.10. The molecule has 0 aliphatic heterocycles.